The van der Waals surface area contributed by atoms with Crippen LogP contribution in [0.2, 0.25) is 0 Å². The molecule has 0 aliphatic heterocycles. The second-order valence-corrected chi connectivity index (χ2v) is 3.03. The summed E-state index contributed by atoms with van der Waals surface area (Å²) in [4.78, 5) is 10.7. The number of aromatic hydroxyl groups is 1. The molecule has 2 N–H and O–H groups in total. The smallest absolute Gasteiger partial charge is 0.311 e. The van der Waals surface area contributed by atoms with Crippen molar-refractivity contribution in [2.24, 2.45) is 0 Å². The lowest BCUT2D eigenvalue weighted by molar-refractivity contribution is -0.138. The molecule has 0 heterocycles. The Hall–Kier alpha value is -1.16. The molecule has 0 saturated carbocycles. The molecule has 0 aliphatic rings. The molecule has 0 amide bonds. The first-order chi connectivity index (χ1) is 6.15. The molecule has 0 aromatic heterocycles. The molecular weight excluding hydrogens is 188 g/mol. The fourth-order valence-corrected chi connectivity index (χ4v) is 1.43. The van der Waals surface area contributed by atoms with Crippen molar-refractivity contribution in [2.45, 2.75) is 5.92 Å². The third-order valence-corrected chi connectivity index (χ3v) is 2.12. The summed E-state index contributed by atoms with van der Waals surface area (Å²) in [5.41, 5.74) is 0.572. The van der Waals surface area contributed by atoms with Crippen molar-refractivity contribution in [3.63, 3.8) is 0 Å². The van der Waals surface area contributed by atoms with Crippen LogP contribution in [0, 0.1) is 0 Å². The van der Waals surface area contributed by atoms with Gasteiger partial charge in [-0.05, 0) is 17.7 Å². The predicted octanol–water partition coefficient (Wildman–Crippen LogP) is 1.49. The maximum atomic E-state index is 10.7. The first-order valence-corrected chi connectivity index (χ1v) is 4.41. The van der Waals surface area contributed by atoms with Crippen LogP contribution in [0.3, 0.4) is 0 Å². The van der Waals surface area contributed by atoms with E-state index >= 15 is 0 Å². The summed E-state index contributed by atoms with van der Waals surface area (Å²) in [6, 6.07) is 6.22. The van der Waals surface area contributed by atoms with Crippen LogP contribution in [0.4, 0.5) is 0 Å². The van der Waals surface area contributed by atoms with Gasteiger partial charge in [0.1, 0.15) is 5.75 Å². The van der Waals surface area contributed by atoms with Gasteiger partial charge in [0.2, 0.25) is 0 Å². The van der Waals surface area contributed by atoms with Crippen LogP contribution < -0.4 is 0 Å². The summed E-state index contributed by atoms with van der Waals surface area (Å²) in [5.74, 6) is -1.29. The number of phenols is 1. The van der Waals surface area contributed by atoms with Gasteiger partial charge in [0, 0.05) is 5.75 Å². The topological polar surface area (TPSA) is 57.5 Å². The third-order valence-electron chi connectivity index (χ3n) is 1.75. The van der Waals surface area contributed by atoms with Crippen LogP contribution in [0.1, 0.15) is 11.5 Å². The highest BCUT2D eigenvalue weighted by atomic mass is 32.1. The minimum atomic E-state index is -0.930. The zero-order valence-corrected chi connectivity index (χ0v) is 7.74. The molecule has 0 spiro atoms. The van der Waals surface area contributed by atoms with E-state index in [2.05, 4.69) is 12.6 Å². The van der Waals surface area contributed by atoms with Gasteiger partial charge in [0.15, 0.2) is 0 Å². The maximum Gasteiger partial charge on any atom is 0.311 e. The number of phenolic OH excluding ortho intramolecular Hbond substituents is 1. The molecule has 0 aliphatic carbocycles. The molecule has 0 saturated heterocycles. The second kappa shape index (κ2) is 4.18. The fraction of sp³-hybridized carbons (Fsp3) is 0.222. The van der Waals surface area contributed by atoms with Crippen LogP contribution >= 0.6 is 12.6 Å². The minimum absolute atomic E-state index is 0.0746. The molecule has 13 heavy (non-hydrogen) atoms. The first-order valence-electron chi connectivity index (χ1n) is 3.77. The highest BCUT2D eigenvalue weighted by Gasteiger charge is 2.17. The van der Waals surface area contributed by atoms with Crippen LogP contribution in [-0.4, -0.2) is 21.9 Å². The van der Waals surface area contributed by atoms with Crippen molar-refractivity contribution < 1.29 is 15.0 Å². The zero-order valence-electron chi connectivity index (χ0n) is 6.84. The Morgan fingerprint density at radius 1 is 1.54 bits per heavy atom. The SMILES string of the molecule is O=C(O)C(CS)c1cccc(O)c1. The summed E-state index contributed by atoms with van der Waals surface area (Å²) < 4.78 is 0. The second-order valence-electron chi connectivity index (χ2n) is 2.67. The van der Waals surface area contributed by atoms with Crippen molar-refractivity contribution in [1.29, 1.82) is 0 Å². The van der Waals surface area contributed by atoms with Crippen molar-refractivity contribution >= 4 is 18.6 Å². The molecule has 1 unspecified atom stereocenters. The Bertz CT molecular complexity index is 311. The van der Waals surface area contributed by atoms with Crippen LogP contribution in [0.5, 0.6) is 5.75 Å². The molecule has 70 valence electrons. The van der Waals surface area contributed by atoms with E-state index in [-0.39, 0.29) is 11.5 Å². The van der Waals surface area contributed by atoms with Crippen molar-refractivity contribution in [3.05, 3.63) is 29.8 Å². The number of rotatable bonds is 3. The number of aliphatic carboxylic acids is 1. The fourth-order valence-electron chi connectivity index (χ4n) is 1.07. The van der Waals surface area contributed by atoms with Crippen molar-refractivity contribution in [2.75, 3.05) is 5.75 Å². The Kier molecular flexibility index (Phi) is 3.19. The van der Waals surface area contributed by atoms with Gasteiger partial charge < -0.3 is 10.2 Å². The number of carboxylic acid groups (broad SMARTS) is 1. The standard InChI is InChI=1S/C9H10O3S/c10-7-3-1-2-6(4-7)8(5-13)9(11)12/h1-4,8,10,13H,5H2,(H,11,12). The van der Waals surface area contributed by atoms with E-state index in [4.69, 9.17) is 10.2 Å². The molecule has 0 radical (unpaired) electrons. The van der Waals surface area contributed by atoms with Gasteiger partial charge in [-0.2, -0.15) is 12.6 Å². The molecule has 0 bridgehead atoms. The normalized spacial score (nSPS) is 12.4. The summed E-state index contributed by atoms with van der Waals surface area (Å²) in [6.07, 6.45) is 0. The average Bonchev–Trinajstić information content (AvgIpc) is 2.04. The predicted molar refractivity (Wildman–Crippen MR) is 52.3 cm³/mol. The number of thiol groups is 1. The van der Waals surface area contributed by atoms with Gasteiger partial charge in [-0.3, -0.25) is 4.79 Å². The van der Waals surface area contributed by atoms with Gasteiger partial charge in [-0.25, -0.2) is 0 Å². The molecule has 1 aromatic rings. The van der Waals surface area contributed by atoms with Gasteiger partial charge in [-0.15, -0.1) is 0 Å². The lowest BCUT2D eigenvalue weighted by Crippen LogP contribution is -2.12. The minimum Gasteiger partial charge on any atom is -0.508 e. The summed E-state index contributed by atoms with van der Waals surface area (Å²) in [6.45, 7) is 0. The Morgan fingerprint density at radius 3 is 2.69 bits per heavy atom. The number of carboxylic acids is 1. The Labute approximate surface area is 81.4 Å². The highest BCUT2D eigenvalue weighted by Crippen LogP contribution is 2.21. The lowest BCUT2D eigenvalue weighted by Gasteiger charge is -2.09. The summed E-state index contributed by atoms with van der Waals surface area (Å²) in [5, 5.41) is 17.9. The van der Waals surface area contributed by atoms with E-state index in [9.17, 15) is 4.79 Å². The largest absolute Gasteiger partial charge is 0.508 e. The quantitative estimate of drug-likeness (QED) is 0.645. The Balaban J connectivity index is 2.98. The van der Waals surface area contributed by atoms with E-state index < -0.39 is 11.9 Å². The maximum absolute atomic E-state index is 10.7. The van der Waals surface area contributed by atoms with Gasteiger partial charge >= 0.3 is 5.97 Å². The number of hydrogen-bond acceptors (Lipinski definition) is 3. The van der Waals surface area contributed by atoms with Gasteiger partial charge in [0.25, 0.3) is 0 Å². The van der Waals surface area contributed by atoms with Gasteiger partial charge in [0.05, 0.1) is 5.92 Å². The first kappa shape index (κ1) is 9.92. The van der Waals surface area contributed by atoms with Crippen molar-refractivity contribution in [3.8, 4) is 5.75 Å². The molecule has 0 fully saturated rings. The third kappa shape index (κ3) is 2.39. The molecular formula is C9H10O3S. The number of benzene rings is 1. The molecule has 1 aromatic carbocycles. The van der Waals surface area contributed by atoms with Crippen molar-refractivity contribution in [1.82, 2.24) is 0 Å². The van der Waals surface area contributed by atoms with E-state index in [1.807, 2.05) is 0 Å². The lowest BCUT2D eigenvalue weighted by atomic mass is 10.0. The molecule has 4 heteroatoms. The van der Waals surface area contributed by atoms with Crippen LogP contribution in [0.25, 0.3) is 0 Å². The molecule has 1 atom stereocenters. The highest BCUT2D eigenvalue weighted by molar-refractivity contribution is 7.80. The van der Waals surface area contributed by atoms with E-state index in [0.717, 1.165) is 0 Å². The molecule has 3 nitrogen and oxygen atoms in total. The van der Waals surface area contributed by atoms with E-state index in [0.29, 0.717) is 5.56 Å². The van der Waals surface area contributed by atoms with Crippen LogP contribution in [0.15, 0.2) is 24.3 Å². The van der Waals surface area contributed by atoms with E-state index in [1.165, 1.54) is 12.1 Å². The number of carbonyl (C=O) groups is 1. The Morgan fingerprint density at radius 2 is 2.23 bits per heavy atom. The van der Waals surface area contributed by atoms with Crippen LogP contribution in [-0.2, 0) is 4.79 Å². The molecule has 1 rings (SSSR count). The summed E-state index contributed by atoms with van der Waals surface area (Å²) in [7, 11) is 0. The van der Waals surface area contributed by atoms with Gasteiger partial charge in [-0.1, -0.05) is 12.1 Å². The summed E-state index contributed by atoms with van der Waals surface area (Å²) >= 11 is 3.94. The zero-order chi connectivity index (χ0) is 9.84. The monoisotopic (exact) mass is 198 g/mol. The number of hydrogen-bond donors (Lipinski definition) is 3. The average molecular weight is 198 g/mol. The van der Waals surface area contributed by atoms with E-state index in [1.54, 1.807) is 12.1 Å².